The number of hydrogen-bond acceptors (Lipinski definition) is 2. The zero-order valence-corrected chi connectivity index (χ0v) is 11.9. The number of carbonyl (C=O) groups excluding carboxylic acids is 1. The summed E-state index contributed by atoms with van der Waals surface area (Å²) in [4.78, 5) is 15.8. The van der Waals surface area contributed by atoms with Gasteiger partial charge in [-0.15, -0.1) is 0 Å². The van der Waals surface area contributed by atoms with Gasteiger partial charge in [-0.2, -0.15) is 0 Å². The molecule has 2 rings (SSSR count). The van der Waals surface area contributed by atoms with Crippen LogP contribution in [0.25, 0.3) is 0 Å². The molecule has 3 nitrogen and oxygen atoms in total. The summed E-state index contributed by atoms with van der Waals surface area (Å²) in [6.45, 7) is 0.664. The zero-order chi connectivity index (χ0) is 14.9. The first-order chi connectivity index (χ1) is 10.2. The van der Waals surface area contributed by atoms with E-state index in [1.807, 2.05) is 18.3 Å². The predicted octanol–water partition coefficient (Wildman–Crippen LogP) is 2.90. The van der Waals surface area contributed by atoms with Gasteiger partial charge in [0.15, 0.2) is 0 Å². The van der Waals surface area contributed by atoms with E-state index >= 15 is 0 Å². The van der Waals surface area contributed by atoms with Gasteiger partial charge in [-0.25, -0.2) is 4.39 Å². The second-order valence-electron chi connectivity index (χ2n) is 4.94. The molecule has 4 heteroatoms. The molecule has 0 unspecified atom stereocenters. The minimum absolute atomic E-state index is 0.0329. The first-order valence-electron chi connectivity index (χ1n) is 7.14. The number of carbonyl (C=O) groups is 1. The van der Waals surface area contributed by atoms with E-state index in [0.717, 1.165) is 18.4 Å². The van der Waals surface area contributed by atoms with Crippen LogP contribution >= 0.6 is 0 Å². The van der Waals surface area contributed by atoms with Gasteiger partial charge in [0.1, 0.15) is 5.82 Å². The molecule has 1 N–H and O–H groups in total. The number of hydrogen-bond donors (Lipinski definition) is 1. The fourth-order valence-electron chi connectivity index (χ4n) is 2.06. The first kappa shape index (κ1) is 15.2. The van der Waals surface area contributed by atoms with Gasteiger partial charge in [0.25, 0.3) is 0 Å². The molecule has 0 saturated heterocycles. The summed E-state index contributed by atoms with van der Waals surface area (Å²) in [7, 11) is 0. The van der Waals surface area contributed by atoms with Gasteiger partial charge in [0, 0.05) is 25.4 Å². The van der Waals surface area contributed by atoms with E-state index in [9.17, 15) is 9.18 Å². The number of nitrogens with zero attached hydrogens (tertiary/aromatic N) is 1. The molecule has 1 heterocycles. The SMILES string of the molecule is O=C(CCc1ccc(F)cc1)NCCCc1cccnc1. The molecule has 0 aliphatic heterocycles. The van der Waals surface area contributed by atoms with Crippen molar-refractivity contribution in [3.8, 4) is 0 Å². The van der Waals surface area contributed by atoms with E-state index in [2.05, 4.69) is 10.3 Å². The Balaban J connectivity index is 1.60. The quantitative estimate of drug-likeness (QED) is 0.795. The smallest absolute Gasteiger partial charge is 0.220 e. The molecule has 0 fully saturated rings. The molecule has 1 aromatic carbocycles. The molecule has 110 valence electrons. The molecule has 1 amide bonds. The van der Waals surface area contributed by atoms with Gasteiger partial charge < -0.3 is 5.32 Å². The molecular formula is C17H19FN2O. The molecule has 0 radical (unpaired) electrons. The zero-order valence-electron chi connectivity index (χ0n) is 11.9. The van der Waals surface area contributed by atoms with Gasteiger partial charge in [0.2, 0.25) is 5.91 Å². The molecule has 2 aromatic rings. The molecule has 1 aromatic heterocycles. The Bertz CT molecular complexity index is 555. The van der Waals surface area contributed by atoms with Gasteiger partial charge >= 0.3 is 0 Å². The van der Waals surface area contributed by atoms with Crippen LogP contribution < -0.4 is 5.32 Å². The van der Waals surface area contributed by atoms with Gasteiger partial charge in [-0.1, -0.05) is 18.2 Å². The van der Waals surface area contributed by atoms with Crippen molar-refractivity contribution >= 4 is 5.91 Å². The number of nitrogens with one attached hydrogen (secondary N) is 1. The number of aromatic nitrogens is 1. The summed E-state index contributed by atoms with van der Waals surface area (Å²) in [6, 6.07) is 10.2. The van der Waals surface area contributed by atoms with Crippen molar-refractivity contribution in [2.24, 2.45) is 0 Å². The summed E-state index contributed by atoms with van der Waals surface area (Å²) >= 11 is 0. The number of halogens is 1. The maximum atomic E-state index is 12.7. The fourth-order valence-corrected chi connectivity index (χ4v) is 2.06. The average Bonchev–Trinajstić information content (AvgIpc) is 2.52. The Morgan fingerprint density at radius 1 is 1.10 bits per heavy atom. The lowest BCUT2D eigenvalue weighted by Gasteiger charge is -2.05. The van der Waals surface area contributed by atoms with Crippen LogP contribution in [-0.2, 0) is 17.6 Å². The maximum Gasteiger partial charge on any atom is 0.220 e. The average molecular weight is 286 g/mol. The molecular weight excluding hydrogens is 267 g/mol. The third-order valence-corrected chi connectivity index (χ3v) is 3.24. The van der Waals surface area contributed by atoms with Crippen LogP contribution in [0.2, 0.25) is 0 Å². The highest BCUT2D eigenvalue weighted by molar-refractivity contribution is 5.76. The molecule has 0 aliphatic carbocycles. The fraction of sp³-hybridized carbons (Fsp3) is 0.294. The Morgan fingerprint density at radius 2 is 1.90 bits per heavy atom. The second-order valence-corrected chi connectivity index (χ2v) is 4.94. The van der Waals surface area contributed by atoms with Gasteiger partial charge in [-0.05, 0) is 48.6 Å². The van der Waals surface area contributed by atoms with Crippen molar-refractivity contribution in [3.63, 3.8) is 0 Å². The Kier molecular flexibility index (Phi) is 5.88. The third kappa shape index (κ3) is 5.73. The first-order valence-corrected chi connectivity index (χ1v) is 7.14. The molecule has 0 aliphatic rings. The van der Waals surface area contributed by atoms with E-state index in [1.54, 1.807) is 18.3 Å². The summed E-state index contributed by atoms with van der Waals surface area (Å²) < 4.78 is 12.7. The van der Waals surface area contributed by atoms with E-state index in [1.165, 1.54) is 17.7 Å². The highest BCUT2D eigenvalue weighted by Crippen LogP contribution is 2.05. The van der Waals surface area contributed by atoms with Crippen molar-refractivity contribution in [1.29, 1.82) is 0 Å². The minimum Gasteiger partial charge on any atom is -0.356 e. The van der Waals surface area contributed by atoms with Crippen LogP contribution in [0.3, 0.4) is 0 Å². The van der Waals surface area contributed by atoms with E-state index < -0.39 is 0 Å². The van der Waals surface area contributed by atoms with Crippen LogP contribution in [0.4, 0.5) is 4.39 Å². The normalized spacial score (nSPS) is 10.3. The predicted molar refractivity (Wildman–Crippen MR) is 80.3 cm³/mol. The molecule has 0 atom stereocenters. The summed E-state index contributed by atoms with van der Waals surface area (Å²) in [5.41, 5.74) is 2.15. The van der Waals surface area contributed by atoms with Crippen LogP contribution in [0, 0.1) is 5.82 Å². The number of amides is 1. The lowest BCUT2D eigenvalue weighted by molar-refractivity contribution is -0.121. The lowest BCUT2D eigenvalue weighted by atomic mass is 10.1. The standard InChI is InChI=1S/C17H19FN2O/c18-16-8-5-14(6-9-16)7-10-17(21)20-12-2-4-15-3-1-11-19-13-15/h1,3,5-6,8-9,11,13H,2,4,7,10,12H2,(H,20,21). The van der Waals surface area contributed by atoms with Crippen LogP contribution in [0.15, 0.2) is 48.8 Å². The summed E-state index contributed by atoms with van der Waals surface area (Å²) in [5.74, 6) is -0.218. The number of benzene rings is 1. The van der Waals surface area contributed by atoms with Crippen molar-refractivity contribution in [3.05, 3.63) is 65.7 Å². The molecule has 21 heavy (non-hydrogen) atoms. The Hall–Kier alpha value is -2.23. The maximum absolute atomic E-state index is 12.7. The molecule has 0 bridgehead atoms. The Labute approximate surface area is 124 Å². The number of aryl methyl sites for hydroxylation is 2. The monoisotopic (exact) mass is 286 g/mol. The van der Waals surface area contributed by atoms with Crippen molar-refractivity contribution in [2.45, 2.75) is 25.7 Å². The van der Waals surface area contributed by atoms with Gasteiger partial charge in [0.05, 0.1) is 0 Å². The summed E-state index contributed by atoms with van der Waals surface area (Å²) in [6.07, 6.45) is 6.46. The van der Waals surface area contributed by atoms with Crippen LogP contribution in [0.1, 0.15) is 24.0 Å². The van der Waals surface area contributed by atoms with Crippen molar-refractivity contribution in [2.75, 3.05) is 6.54 Å². The second kappa shape index (κ2) is 8.15. The van der Waals surface area contributed by atoms with E-state index in [4.69, 9.17) is 0 Å². The summed E-state index contributed by atoms with van der Waals surface area (Å²) in [5, 5.41) is 2.90. The topological polar surface area (TPSA) is 42.0 Å². The van der Waals surface area contributed by atoms with Gasteiger partial charge in [-0.3, -0.25) is 9.78 Å². The van der Waals surface area contributed by atoms with Crippen LogP contribution in [-0.4, -0.2) is 17.4 Å². The number of pyridine rings is 1. The lowest BCUT2D eigenvalue weighted by Crippen LogP contribution is -2.24. The van der Waals surface area contributed by atoms with E-state index in [-0.39, 0.29) is 11.7 Å². The van der Waals surface area contributed by atoms with E-state index in [0.29, 0.717) is 19.4 Å². The number of rotatable bonds is 7. The molecule has 0 spiro atoms. The van der Waals surface area contributed by atoms with Crippen molar-refractivity contribution in [1.82, 2.24) is 10.3 Å². The highest BCUT2D eigenvalue weighted by atomic mass is 19.1. The third-order valence-electron chi connectivity index (χ3n) is 3.24. The highest BCUT2D eigenvalue weighted by Gasteiger charge is 2.02. The van der Waals surface area contributed by atoms with Crippen LogP contribution in [0.5, 0.6) is 0 Å². The largest absolute Gasteiger partial charge is 0.356 e. The minimum atomic E-state index is -0.251. The van der Waals surface area contributed by atoms with Crippen molar-refractivity contribution < 1.29 is 9.18 Å². The Morgan fingerprint density at radius 3 is 2.62 bits per heavy atom. The molecule has 0 saturated carbocycles.